The van der Waals surface area contributed by atoms with Crippen molar-refractivity contribution in [2.24, 2.45) is 11.1 Å². The van der Waals surface area contributed by atoms with Gasteiger partial charge in [0, 0.05) is 29.9 Å². The van der Waals surface area contributed by atoms with Crippen LogP contribution >= 0.6 is 0 Å². The first-order chi connectivity index (χ1) is 8.69. The summed E-state index contributed by atoms with van der Waals surface area (Å²) in [6.45, 7) is 2.59. The molecule has 1 saturated carbocycles. The van der Waals surface area contributed by atoms with Gasteiger partial charge in [-0.1, -0.05) is 25.7 Å². The molecule has 1 aliphatic rings. The average Bonchev–Trinajstić information content (AvgIpc) is 2.65. The van der Waals surface area contributed by atoms with Crippen molar-refractivity contribution in [1.29, 1.82) is 0 Å². The summed E-state index contributed by atoms with van der Waals surface area (Å²) in [5.74, 6) is 0. The molecular weight excluding hydrogens is 224 g/mol. The van der Waals surface area contributed by atoms with E-state index >= 15 is 0 Å². The van der Waals surface area contributed by atoms with Gasteiger partial charge in [-0.2, -0.15) is 0 Å². The molecule has 1 aromatic heterocycles. The predicted molar refractivity (Wildman–Crippen MR) is 73.1 cm³/mol. The number of aliphatic hydroxyl groups excluding tert-OH is 1. The maximum Gasteiger partial charge on any atom is 0.0875 e. The molecule has 1 atom stereocenters. The van der Waals surface area contributed by atoms with E-state index in [-0.39, 0.29) is 5.41 Å². The van der Waals surface area contributed by atoms with Gasteiger partial charge in [-0.05, 0) is 31.4 Å². The predicted octanol–water partition coefficient (Wildman–Crippen LogP) is 2.72. The lowest BCUT2D eigenvalue weighted by molar-refractivity contribution is 0.0160. The van der Waals surface area contributed by atoms with Crippen molar-refractivity contribution in [2.45, 2.75) is 51.6 Å². The zero-order valence-corrected chi connectivity index (χ0v) is 11.2. The highest BCUT2D eigenvalue weighted by Crippen LogP contribution is 2.44. The molecule has 2 rings (SSSR count). The van der Waals surface area contributed by atoms with Crippen LogP contribution in [0.3, 0.4) is 0 Å². The van der Waals surface area contributed by atoms with E-state index in [0.29, 0.717) is 6.54 Å². The van der Waals surface area contributed by atoms with E-state index in [9.17, 15) is 5.11 Å². The summed E-state index contributed by atoms with van der Waals surface area (Å²) in [5, 5.41) is 10.8. The number of nitrogens with zero attached hydrogens (tertiary/aromatic N) is 1. The summed E-state index contributed by atoms with van der Waals surface area (Å²) in [6.07, 6.45) is 10.0. The van der Waals surface area contributed by atoms with E-state index in [2.05, 4.69) is 4.98 Å². The minimum atomic E-state index is -0.478. The summed E-state index contributed by atoms with van der Waals surface area (Å²) < 4.78 is 0. The molecule has 1 aromatic rings. The minimum absolute atomic E-state index is 0.149. The summed E-state index contributed by atoms with van der Waals surface area (Å²) in [4.78, 5) is 4.15. The Bertz CT molecular complexity index is 384. The Morgan fingerprint density at radius 3 is 2.56 bits per heavy atom. The van der Waals surface area contributed by atoms with Gasteiger partial charge in [0.05, 0.1) is 6.10 Å². The third-order valence-electron chi connectivity index (χ3n) is 4.46. The minimum Gasteiger partial charge on any atom is -0.388 e. The summed E-state index contributed by atoms with van der Waals surface area (Å²) >= 11 is 0. The van der Waals surface area contributed by atoms with Crippen LogP contribution < -0.4 is 5.73 Å². The third-order valence-corrected chi connectivity index (χ3v) is 4.46. The molecule has 0 bridgehead atoms. The highest BCUT2D eigenvalue weighted by atomic mass is 16.3. The van der Waals surface area contributed by atoms with Crippen LogP contribution in [0.2, 0.25) is 0 Å². The van der Waals surface area contributed by atoms with Gasteiger partial charge in [0.25, 0.3) is 0 Å². The zero-order valence-electron chi connectivity index (χ0n) is 11.2. The van der Waals surface area contributed by atoms with Crippen molar-refractivity contribution in [2.75, 3.05) is 6.54 Å². The number of rotatable bonds is 3. The van der Waals surface area contributed by atoms with Crippen molar-refractivity contribution < 1.29 is 5.11 Å². The van der Waals surface area contributed by atoms with E-state index in [1.54, 1.807) is 12.4 Å². The van der Waals surface area contributed by atoms with Crippen LogP contribution in [-0.4, -0.2) is 16.6 Å². The molecule has 0 radical (unpaired) electrons. The highest BCUT2D eigenvalue weighted by molar-refractivity contribution is 5.25. The lowest BCUT2D eigenvalue weighted by Crippen LogP contribution is -2.36. The van der Waals surface area contributed by atoms with Crippen LogP contribution in [-0.2, 0) is 0 Å². The van der Waals surface area contributed by atoms with Crippen molar-refractivity contribution in [3.8, 4) is 0 Å². The molecule has 0 spiro atoms. The number of hydrogen-bond donors (Lipinski definition) is 2. The van der Waals surface area contributed by atoms with E-state index in [0.717, 1.165) is 24.0 Å². The second-order valence-corrected chi connectivity index (χ2v) is 5.62. The third kappa shape index (κ3) is 2.57. The SMILES string of the molecule is Cc1ccncc1C(O)C1(CN)CCCCCC1. The first kappa shape index (κ1) is 13.5. The molecule has 0 aliphatic heterocycles. The first-order valence-electron chi connectivity index (χ1n) is 6.98. The van der Waals surface area contributed by atoms with E-state index in [1.807, 2.05) is 13.0 Å². The smallest absolute Gasteiger partial charge is 0.0875 e. The fourth-order valence-electron chi connectivity index (χ4n) is 3.11. The van der Waals surface area contributed by atoms with Crippen LogP contribution in [0.4, 0.5) is 0 Å². The number of aliphatic hydroxyl groups is 1. The lowest BCUT2D eigenvalue weighted by atomic mass is 9.72. The molecule has 18 heavy (non-hydrogen) atoms. The Morgan fingerprint density at radius 2 is 2.00 bits per heavy atom. The Hall–Kier alpha value is -0.930. The standard InChI is InChI=1S/C15H24N2O/c1-12-6-9-17-10-13(12)14(18)15(11-16)7-4-2-3-5-8-15/h6,9-10,14,18H,2-5,7-8,11,16H2,1H3. The Labute approximate surface area is 109 Å². The molecule has 0 saturated heterocycles. The fraction of sp³-hybridized carbons (Fsp3) is 0.667. The van der Waals surface area contributed by atoms with Gasteiger partial charge in [0.15, 0.2) is 0 Å². The molecule has 3 heteroatoms. The summed E-state index contributed by atoms with van der Waals surface area (Å²) in [6, 6.07) is 1.96. The van der Waals surface area contributed by atoms with Crippen LogP contribution in [0, 0.1) is 12.3 Å². The number of nitrogens with two attached hydrogens (primary N) is 1. The van der Waals surface area contributed by atoms with Crippen LogP contribution in [0.15, 0.2) is 18.5 Å². The maximum atomic E-state index is 10.8. The zero-order chi connectivity index (χ0) is 13.0. The van der Waals surface area contributed by atoms with Gasteiger partial charge in [-0.3, -0.25) is 4.98 Å². The fourth-order valence-corrected chi connectivity index (χ4v) is 3.11. The summed E-state index contributed by atoms with van der Waals surface area (Å²) in [7, 11) is 0. The maximum absolute atomic E-state index is 10.8. The second-order valence-electron chi connectivity index (χ2n) is 5.62. The molecule has 3 nitrogen and oxygen atoms in total. The van der Waals surface area contributed by atoms with Crippen molar-refractivity contribution in [1.82, 2.24) is 4.98 Å². The molecule has 1 fully saturated rings. The van der Waals surface area contributed by atoms with Gasteiger partial charge in [-0.25, -0.2) is 0 Å². The van der Waals surface area contributed by atoms with Gasteiger partial charge in [0.1, 0.15) is 0 Å². The van der Waals surface area contributed by atoms with Gasteiger partial charge >= 0.3 is 0 Å². The topological polar surface area (TPSA) is 59.1 Å². The van der Waals surface area contributed by atoms with Crippen LogP contribution in [0.1, 0.15) is 55.8 Å². The van der Waals surface area contributed by atoms with E-state index in [1.165, 1.54) is 25.7 Å². The molecule has 1 unspecified atom stereocenters. The number of aryl methyl sites for hydroxylation is 1. The number of aromatic nitrogens is 1. The van der Waals surface area contributed by atoms with E-state index < -0.39 is 6.10 Å². The van der Waals surface area contributed by atoms with Crippen LogP contribution in [0.25, 0.3) is 0 Å². The van der Waals surface area contributed by atoms with Crippen LogP contribution in [0.5, 0.6) is 0 Å². The normalized spacial score (nSPS) is 21.3. The Balaban J connectivity index is 2.28. The van der Waals surface area contributed by atoms with Crippen molar-refractivity contribution in [3.63, 3.8) is 0 Å². The molecular formula is C15H24N2O. The average molecular weight is 248 g/mol. The number of pyridine rings is 1. The largest absolute Gasteiger partial charge is 0.388 e. The Kier molecular flexibility index (Phi) is 4.36. The van der Waals surface area contributed by atoms with Gasteiger partial charge < -0.3 is 10.8 Å². The summed E-state index contributed by atoms with van der Waals surface area (Å²) in [5.41, 5.74) is 7.92. The molecule has 0 amide bonds. The second kappa shape index (κ2) is 5.81. The quantitative estimate of drug-likeness (QED) is 0.809. The highest BCUT2D eigenvalue weighted by Gasteiger charge is 2.38. The van der Waals surface area contributed by atoms with E-state index in [4.69, 9.17) is 5.73 Å². The number of hydrogen-bond acceptors (Lipinski definition) is 3. The molecule has 100 valence electrons. The van der Waals surface area contributed by atoms with Gasteiger partial charge in [0.2, 0.25) is 0 Å². The Morgan fingerprint density at radius 1 is 1.33 bits per heavy atom. The van der Waals surface area contributed by atoms with Gasteiger partial charge in [-0.15, -0.1) is 0 Å². The molecule has 1 heterocycles. The first-order valence-corrected chi connectivity index (χ1v) is 6.98. The van der Waals surface area contributed by atoms with Crippen molar-refractivity contribution >= 4 is 0 Å². The lowest BCUT2D eigenvalue weighted by Gasteiger charge is -2.37. The van der Waals surface area contributed by atoms with Crippen molar-refractivity contribution in [3.05, 3.63) is 29.6 Å². The monoisotopic (exact) mass is 248 g/mol. The molecule has 3 N–H and O–H groups in total. The molecule has 0 aromatic carbocycles. The molecule has 1 aliphatic carbocycles.